The lowest BCUT2D eigenvalue weighted by molar-refractivity contribution is -0.136. The summed E-state index contributed by atoms with van der Waals surface area (Å²) in [6.45, 7) is 2.88. The summed E-state index contributed by atoms with van der Waals surface area (Å²) in [5.74, 6) is -2.92. The summed E-state index contributed by atoms with van der Waals surface area (Å²) in [6, 6.07) is 19.3. The first-order valence-electron chi connectivity index (χ1n) is 10.2. The number of hydrogen-bond acceptors (Lipinski definition) is 1. The molecule has 0 fully saturated rings. The largest absolute Gasteiger partial charge is 0.418 e. The second-order valence-corrected chi connectivity index (χ2v) is 8.07. The Labute approximate surface area is 187 Å². The Bertz CT molecular complexity index is 1370. The van der Waals surface area contributed by atoms with Crippen LogP contribution in [0.4, 0.5) is 22.0 Å². The highest BCUT2D eigenvalue weighted by Gasteiger charge is 2.36. The van der Waals surface area contributed by atoms with E-state index in [0.717, 1.165) is 23.6 Å². The van der Waals surface area contributed by atoms with Crippen molar-refractivity contribution in [1.82, 2.24) is 4.57 Å². The minimum absolute atomic E-state index is 0.00807. The lowest BCUT2D eigenvalue weighted by Crippen LogP contribution is -2.09. The maximum Gasteiger partial charge on any atom is 0.418 e. The molecule has 168 valence electrons. The SMILES string of the molecule is Cc1cc2c(C(F)(F)F)c(C#N)ccc2n1Cc1cccc(-c2ccc(C(C)(F)F)cc2)c1. The van der Waals surface area contributed by atoms with Gasteiger partial charge in [-0.2, -0.15) is 18.4 Å². The molecule has 4 aromatic rings. The number of aromatic nitrogens is 1. The van der Waals surface area contributed by atoms with Crippen molar-refractivity contribution in [3.63, 3.8) is 0 Å². The molecule has 0 aliphatic heterocycles. The van der Waals surface area contributed by atoms with Crippen LogP contribution in [-0.4, -0.2) is 4.57 Å². The zero-order valence-corrected chi connectivity index (χ0v) is 17.8. The number of rotatable bonds is 4. The van der Waals surface area contributed by atoms with Crippen LogP contribution in [0.5, 0.6) is 0 Å². The third-order valence-electron chi connectivity index (χ3n) is 5.69. The molecule has 0 N–H and O–H groups in total. The van der Waals surface area contributed by atoms with Gasteiger partial charge in [0.05, 0.1) is 17.2 Å². The molecular weight excluding hydrogens is 435 g/mol. The highest BCUT2D eigenvalue weighted by molar-refractivity contribution is 5.87. The molecule has 1 heterocycles. The number of alkyl halides is 5. The number of halogens is 5. The fraction of sp³-hybridized carbons (Fsp3) is 0.192. The Morgan fingerprint density at radius 2 is 1.58 bits per heavy atom. The van der Waals surface area contributed by atoms with Crippen LogP contribution in [0.1, 0.15) is 34.9 Å². The summed E-state index contributed by atoms with van der Waals surface area (Å²) in [6.07, 6.45) is -4.65. The summed E-state index contributed by atoms with van der Waals surface area (Å²) in [5, 5.41) is 9.15. The Morgan fingerprint density at radius 1 is 0.879 bits per heavy atom. The molecule has 4 rings (SSSR count). The molecule has 0 aliphatic carbocycles. The monoisotopic (exact) mass is 454 g/mol. The number of nitriles is 1. The van der Waals surface area contributed by atoms with Crippen LogP contribution in [0.25, 0.3) is 22.0 Å². The van der Waals surface area contributed by atoms with Gasteiger partial charge in [-0.25, -0.2) is 8.78 Å². The highest BCUT2D eigenvalue weighted by Crippen LogP contribution is 2.39. The van der Waals surface area contributed by atoms with E-state index in [1.54, 1.807) is 29.7 Å². The molecule has 0 saturated carbocycles. The molecular formula is C26H19F5N2. The van der Waals surface area contributed by atoms with Gasteiger partial charge in [-0.1, -0.05) is 42.5 Å². The van der Waals surface area contributed by atoms with Crippen molar-refractivity contribution in [2.45, 2.75) is 32.5 Å². The summed E-state index contributed by atoms with van der Waals surface area (Å²) in [4.78, 5) is 0. The molecule has 0 radical (unpaired) electrons. The van der Waals surface area contributed by atoms with Crippen molar-refractivity contribution >= 4 is 10.9 Å². The summed E-state index contributed by atoms with van der Waals surface area (Å²) >= 11 is 0. The highest BCUT2D eigenvalue weighted by atomic mass is 19.4. The number of nitrogens with zero attached hydrogens (tertiary/aromatic N) is 2. The molecule has 0 spiro atoms. The molecule has 0 aliphatic rings. The quantitative estimate of drug-likeness (QED) is 0.291. The minimum atomic E-state index is -4.65. The van der Waals surface area contributed by atoms with Gasteiger partial charge >= 0.3 is 6.18 Å². The van der Waals surface area contributed by atoms with Crippen molar-refractivity contribution in [2.75, 3.05) is 0 Å². The van der Waals surface area contributed by atoms with Gasteiger partial charge in [0.2, 0.25) is 0 Å². The van der Waals surface area contributed by atoms with Gasteiger partial charge < -0.3 is 4.57 Å². The molecule has 0 atom stereocenters. The minimum Gasteiger partial charge on any atom is -0.340 e. The molecule has 7 heteroatoms. The zero-order valence-electron chi connectivity index (χ0n) is 17.8. The number of aryl methyl sites for hydroxylation is 1. The van der Waals surface area contributed by atoms with Crippen LogP contribution in [0.3, 0.4) is 0 Å². The summed E-state index contributed by atoms with van der Waals surface area (Å²) in [7, 11) is 0. The predicted octanol–water partition coefficient (Wildman–Crippen LogP) is 7.67. The van der Waals surface area contributed by atoms with Gasteiger partial charge in [-0.15, -0.1) is 0 Å². The second-order valence-electron chi connectivity index (χ2n) is 8.07. The zero-order chi connectivity index (χ0) is 24.0. The molecule has 33 heavy (non-hydrogen) atoms. The third kappa shape index (κ3) is 4.34. The first kappa shape index (κ1) is 22.5. The molecule has 1 aromatic heterocycles. The van der Waals surface area contributed by atoms with Gasteiger partial charge in [0.1, 0.15) is 0 Å². The van der Waals surface area contributed by atoms with Crippen LogP contribution < -0.4 is 0 Å². The Kier molecular flexibility index (Phi) is 5.49. The summed E-state index contributed by atoms with van der Waals surface area (Å²) < 4.78 is 69.8. The Balaban J connectivity index is 1.73. The smallest absolute Gasteiger partial charge is 0.340 e. The average Bonchev–Trinajstić information content (AvgIpc) is 3.06. The van der Waals surface area contributed by atoms with E-state index in [1.807, 2.05) is 24.3 Å². The predicted molar refractivity (Wildman–Crippen MR) is 117 cm³/mol. The topological polar surface area (TPSA) is 28.7 Å². The van der Waals surface area contributed by atoms with Crippen molar-refractivity contribution in [3.8, 4) is 17.2 Å². The molecule has 3 aromatic carbocycles. The second kappa shape index (κ2) is 8.04. The summed E-state index contributed by atoms with van der Waals surface area (Å²) in [5.41, 5.74) is 2.03. The van der Waals surface area contributed by atoms with Crippen molar-refractivity contribution in [2.24, 2.45) is 0 Å². The molecule has 0 saturated heterocycles. The van der Waals surface area contributed by atoms with Crippen molar-refractivity contribution in [1.29, 1.82) is 5.26 Å². The van der Waals surface area contributed by atoms with Gasteiger partial charge in [-0.05, 0) is 47.9 Å². The molecule has 0 amide bonds. The maximum absolute atomic E-state index is 13.7. The average molecular weight is 454 g/mol. The number of benzene rings is 3. The number of fused-ring (bicyclic) bond motifs is 1. The number of hydrogen-bond donors (Lipinski definition) is 0. The van der Waals surface area contributed by atoms with Gasteiger partial charge in [0, 0.05) is 35.6 Å². The molecule has 0 unspecified atom stereocenters. The van der Waals surface area contributed by atoms with E-state index in [0.29, 0.717) is 17.8 Å². The van der Waals surface area contributed by atoms with Gasteiger partial charge in [0.15, 0.2) is 0 Å². The normalized spacial score (nSPS) is 12.2. The first-order valence-corrected chi connectivity index (χ1v) is 10.2. The molecule has 0 bridgehead atoms. The van der Waals surface area contributed by atoms with Crippen molar-refractivity contribution in [3.05, 3.63) is 94.7 Å². The van der Waals surface area contributed by atoms with Crippen LogP contribution in [0, 0.1) is 18.3 Å². The van der Waals surface area contributed by atoms with E-state index in [1.165, 1.54) is 30.3 Å². The van der Waals surface area contributed by atoms with Crippen LogP contribution in [-0.2, 0) is 18.6 Å². The lowest BCUT2D eigenvalue weighted by atomic mass is 10.00. The standard InChI is InChI=1S/C26H19F5N2/c1-16-12-22-23(11-8-20(14-32)24(22)26(29,30)31)33(16)15-17-4-3-5-19(13-17)18-6-9-21(10-7-18)25(2,27)28/h3-13H,15H2,1-2H3. The van der Waals surface area contributed by atoms with E-state index in [2.05, 4.69) is 0 Å². The van der Waals surface area contributed by atoms with Crippen molar-refractivity contribution < 1.29 is 22.0 Å². The van der Waals surface area contributed by atoms with E-state index in [-0.39, 0.29) is 10.9 Å². The third-order valence-corrected chi connectivity index (χ3v) is 5.69. The van der Waals surface area contributed by atoms with Gasteiger partial charge in [-0.3, -0.25) is 0 Å². The molecule has 2 nitrogen and oxygen atoms in total. The Hall–Kier alpha value is -3.66. The van der Waals surface area contributed by atoms with E-state index >= 15 is 0 Å². The van der Waals surface area contributed by atoms with E-state index in [4.69, 9.17) is 5.26 Å². The van der Waals surface area contributed by atoms with Crippen LogP contribution >= 0.6 is 0 Å². The Morgan fingerprint density at radius 3 is 2.18 bits per heavy atom. The first-order chi connectivity index (χ1) is 15.5. The van der Waals surface area contributed by atoms with Crippen LogP contribution in [0.2, 0.25) is 0 Å². The van der Waals surface area contributed by atoms with Crippen LogP contribution in [0.15, 0.2) is 66.7 Å². The van der Waals surface area contributed by atoms with Gasteiger partial charge in [0.25, 0.3) is 5.92 Å². The maximum atomic E-state index is 13.7. The van der Waals surface area contributed by atoms with E-state index in [9.17, 15) is 22.0 Å². The lowest BCUT2D eigenvalue weighted by Gasteiger charge is -2.13. The fourth-order valence-corrected chi connectivity index (χ4v) is 4.06. The van der Waals surface area contributed by atoms with E-state index < -0.39 is 23.2 Å². The fourth-order valence-electron chi connectivity index (χ4n) is 4.06.